The highest BCUT2D eigenvalue weighted by Crippen LogP contribution is 2.15. The molecule has 29 heavy (non-hydrogen) atoms. The van der Waals surface area contributed by atoms with Crippen molar-refractivity contribution in [2.75, 3.05) is 13.1 Å². The second kappa shape index (κ2) is 10.5. The molecule has 2 aromatic carbocycles. The smallest absolute Gasteiger partial charge is 0.191 e. The first-order chi connectivity index (χ1) is 14.2. The van der Waals surface area contributed by atoms with E-state index in [1.807, 2.05) is 18.5 Å². The summed E-state index contributed by atoms with van der Waals surface area (Å²) >= 11 is 0. The van der Waals surface area contributed by atoms with Gasteiger partial charge in [-0.25, -0.2) is 9.98 Å². The minimum atomic E-state index is 0.402. The predicted octanol–water partition coefficient (Wildman–Crippen LogP) is 4.10. The van der Waals surface area contributed by atoms with E-state index in [-0.39, 0.29) is 0 Å². The number of aryl methyl sites for hydroxylation is 1. The molecule has 0 bridgehead atoms. The van der Waals surface area contributed by atoms with E-state index in [1.54, 1.807) is 0 Å². The van der Waals surface area contributed by atoms with Crippen LogP contribution in [0.25, 0.3) is 0 Å². The van der Waals surface area contributed by atoms with Gasteiger partial charge in [-0.3, -0.25) is 0 Å². The van der Waals surface area contributed by atoms with Crippen LogP contribution >= 0.6 is 0 Å². The first kappa shape index (κ1) is 20.6. The van der Waals surface area contributed by atoms with Gasteiger partial charge in [-0.1, -0.05) is 67.1 Å². The van der Waals surface area contributed by atoms with Gasteiger partial charge < -0.3 is 15.2 Å². The fourth-order valence-electron chi connectivity index (χ4n) is 3.25. The van der Waals surface area contributed by atoms with Crippen LogP contribution in [0.4, 0.5) is 0 Å². The summed E-state index contributed by atoms with van der Waals surface area (Å²) in [5, 5.41) is 6.81. The van der Waals surface area contributed by atoms with Crippen LogP contribution in [0.15, 0.2) is 72.0 Å². The van der Waals surface area contributed by atoms with E-state index in [4.69, 9.17) is 4.99 Å². The van der Waals surface area contributed by atoms with Gasteiger partial charge in [0.1, 0.15) is 12.4 Å². The lowest BCUT2D eigenvalue weighted by Gasteiger charge is -2.17. The number of benzene rings is 2. The van der Waals surface area contributed by atoms with Gasteiger partial charge in [0.15, 0.2) is 5.96 Å². The van der Waals surface area contributed by atoms with Crippen molar-refractivity contribution in [2.45, 2.75) is 39.8 Å². The minimum Gasteiger partial charge on any atom is -0.357 e. The van der Waals surface area contributed by atoms with Gasteiger partial charge in [0, 0.05) is 32.0 Å². The lowest BCUT2D eigenvalue weighted by Crippen LogP contribution is -2.39. The maximum absolute atomic E-state index is 4.75. The van der Waals surface area contributed by atoms with Crippen LogP contribution in [0.2, 0.25) is 0 Å². The summed E-state index contributed by atoms with van der Waals surface area (Å²) in [5.41, 5.74) is 3.89. The van der Waals surface area contributed by atoms with Crippen molar-refractivity contribution in [1.82, 2.24) is 20.2 Å². The average Bonchev–Trinajstić information content (AvgIpc) is 3.17. The highest BCUT2D eigenvalue weighted by Gasteiger charge is 2.08. The van der Waals surface area contributed by atoms with Crippen LogP contribution in [-0.2, 0) is 13.1 Å². The molecular formula is C24H31N5. The topological polar surface area (TPSA) is 54.2 Å². The van der Waals surface area contributed by atoms with Crippen molar-refractivity contribution < 1.29 is 0 Å². The Morgan fingerprint density at radius 1 is 1.10 bits per heavy atom. The monoisotopic (exact) mass is 389 g/mol. The molecule has 0 aliphatic heterocycles. The normalized spacial score (nSPS) is 12.6. The molecule has 1 atom stereocenters. The van der Waals surface area contributed by atoms with Gasteiger partial charge in [-0.2, -0.15) is 0 Å². The lowest BCUT2D eigenvalue weighted by atomic mass is 9.99. The molecule has 0 amide bonds. The summed E-state index contributed by atoms with van der Waals surface area (Å²) in [6, 6.07) is 19.1. The molecule has 3 rings (SSSR count). The first-order valence-electron chi connectivity index (χ1n) is 10.3. The molecule has 0 spiro atoms. The van der Waals surface area contributed by atoms with Gasteiger partial charge in [-0.05, 0) is 30.9 Å². The summed E-state index contributed by atoms with van der Waals surface area (Å²) in [7, 11) is 0. The predicted molar refractivity (Wildman–Crippen MR) is 120 cm³/mol. The van der Waals surface area contributed by atoms with E-state index in [2.05, 4.69) is 89.5 Å². The number of nitrogens with zero attached hydrogens (tertiary/aromatic N) is 3. The molecule has 1 aromatic heterocycles. The fraction of sp³-hybridized carbons (Fsp3) is 0.333. The van der Waals surface area contributed by atoms with Crippen LogP contribution < -0.4 is 10.6 Å². The SMILES string of the molecule is CCNC(=NCc1nccn1Cc1ccccc1)NCC(C)c1cccc(C)c1. The Kier molecular flexibility index (Phi) is 7.45. The largest absolute Gasteiger partial charge is 0.357 e. The molecule has 152 valence electrons. The van der Waals surface area contributed by atoms with E-state index in [9.17, 15) is 0 Å². The number of imidazole rings is 1. The van der Waals surface area contributed by atoms with E-state index in [0.717, 1.165) is 31.4 Å². The molecule has 0 aliphatic carbocycles. The third-order valence-corrected chi connectivity index (χ3v) is 4.91. The van der Waals surface area contributed by atoms with Crippen LogP contribution in [0.5, 0.6) is 0 Å². The zero-order valence-corrected chi connectivity index (χ0v) is 17.6. The second-order valence-electron chi connectivity index (χ2n) is 7.35. The number of nitrogens with one attached hydrogen (secondary N) is 2. The number of rotatable bonds is 8. The van der Waals surface area contributed by atoms with Crippen molar-refractivity contribution in [3.63, 3.8) is 0 Å². The molecule has 5 heteroatoms. The molecule has 0 saturated carbocycles. The van der Waals surface area contributed by atoms with Gasteiger partial charge in [0.25, 0.3) is 0 Å². The summed E-state index contributed by atoms with van der Waals surface area (Å²) in [5.74, 6) is 2.18. The number of guanidine groups is 1. The Labute approximate surface area is 173 Å². The zero-order valence-electron chi connectivity index (χ0n) is 17.6. The van der Waals surface area contributed by atoms with Gasteiger partial charge in [0.2, 0.25) is 0 Å². The summed E-state index contributed by atoms with van der Waals surface area (Å²) in [6.07, 6.45) is 3.85. The van der Waals surface area contributed by atoms with E-state index < -0.39 is 0 Å². The van der Waals surface area contributed by atoms with E-state index >= 15 is 0 Å². The zero-order chi connectivity index (χ0) is 20.5. The van der Waals surface area contributed by atoms with E-state index in [1.165, 1.54) is 16.7 Å². The maximum atomic E-state index is 4.75. The third-order valence-electron chi connectivity index (χ3n) is 4.91. The van der Waals surface area contributed by atoms with Crippen molar-refractivity contribution in [2.24, 2.45) is 4.99 Å². The molecule has 1 unspecified atom stereocenters. The molecule has 3 aromatic rings. The molecule has 0 aliphatic rings. The summed E-state index contributed by atoms with van der Waals surface area (Å²) in [4.78, 5) is 9.25. The molecule has 0 saturated heterocycles. The lowest BCUT2D eigenvalue weighted by molar-refractivity contribution is 0.689. The Morgan fingerprint density at radius 3 is 2.69 bits per heavy atom. The highest BCUT2D eigenvalue weighted by atomic mass is 15.2. The van der Waals surface area contributed by atoms with Crippen LogP contribution in [0.3, 0.4) is 0 Å². The quantitative estimate of drug-likeness (QED) is 0.450. The maximum Gasteiger partial charge on any atom is 0.191 e. The molecule has 2 N–H and O–H groups in total. The van der Waals surface area contributed by atoms with Gasteiger partial charge in [0.05, 0.1) is 0 Å². The van der Waals surface area contributed by atoms with Crippen molar-refractivity contribution in [1.29, 1.82) is 0 Å². The summed E-state index contributed by atoms with van der Waals surface area (Å²) < 4.78 is 2.15. The standard InChI is InChI=1S/C24H31N5/c1-4-25-24(27-16-20(3)22-12-8-9-19(2)15-22)28-17-23-26-13-14-29(23)18-21-10-6-5-7-11-21/h5-15,20H,4,16-18H2,1-3H3,(H2,25,27,28). The Morgan fingerprint density at radius 2 is 1.93 bits per heavy atom. The van der Waals surface area contributed by atoms with Crippen molar-refractivity contribution in [3.05, 3.63) is 89.5 Å². The van der Waals surface area contributed by atoms with Crippen LogP contribution in [-0.4, -0.2) is 28.6 Å². The molecule has 5 nitrogen and oxygen atoms in total. The number of aliphatic imine (C=N–C) groups is 1. The van der Waals surface area contributed by atoms with Crippen LogP contribution in [0.1, 0.15) is 42.3 Å². The molecule has 1 heterocycles. The Hall–Kier alpha value is -3.08. The fourth-order valence-corrected chi connectivity index (χ4v) is 3.25. The van der Waals surface area contributed by atoms with Crippen molar-refractivity contribution in [3.8, 4) is 0 Å². The van der Waals surface area contributed by atoms with Gasteiger partial charge >= 0.3 is 0 Å². The highest BCUT2D eigenvalue weighted by molar-refractivity contribution is 5.79. The third kappa shape index (κ3) is 6.21. The minimum absolute atomic E-state index is 0.402. The number of hydrogen-bond acceptors (Lipinski definition) is 2. The Bertz CT molecular complexity index is 914. The molecule has 0 radical (unpaired) electrons. The van der Waals surface area contributed by atoms with Crippen molar-refractivity contribution >= 4 is 5.96 Å². The number of aromatic nitrogens is 2. The molecule has 0 fully saturated rings. The average molecular weight is 390 g/mol. The second-order valence-corrected chi connectivity index (χ2v) is 7.35. The van der Waals surface area contributed by atoms with Gasteiger partial charge in [-0.15, -0.1) is 0 Å². The Balaban J connectivity index is 1.62. The number of hydrogen-bond donors (Lipinski definition) is 2. The van der Waals surface area contributed by atoms with Crippen LogP contribution in [0, 0.1) is 6.92 Å². The van der Waals surface area contributed by atoms with E-state index in [0.29, 0.717) is 12.5 Å². The first-order valence-corrected chi connectivity index (χ1v) is 10.3. The molecular weight excluding hydrogens is 358 g/mol. The summed E-state index contributed by atoms with van der Waals surface area (Å²) in [6.45, 7) is 9.44.